The van der Waals surface area contributed by atoms with Gasteiger partial charge in [-0.1, -0.05) is 0 Å². The minimum absolute atomic E-state index is 0.249. The number of ether oxygens (including phenoxy) is 4. The Morgan fingerprint density at radius 1 is 0.667 bits per heavy atom. The van der Waals surface area contributed by atoms with Crippen molar-refractivity contribution in [2.45, 2.75) is 49.5 Å². The van der Waals surface area contributed by atoms with E-state index in [1.807, 2.05) is 9.80 Å². The Morgan fingerprint density at radius 3 is 1.44 bits per heavy atom. The standard InChI is InChI=1S/2C22H24F3N7O4/c2*1-30-10-12(22(23,24)25)7-13(20(30)33)28-21(34)32-5-6-36-16-11-31(4-3-14(16)32)17-9-27-19-18(29-17)15(35-2)8-26-19/h2*7-10,14,16H,3-6,11H2,1-2H3,(H,26,27)(H,28,34)/t2*14-,16-/m10/s1. The van der Waals surface area contributed by atoms with Gasteiger partial charge in [0.15, 0.2) is 33.8 Å². The molecule has 4 saturated heterocycles. The van der Waals surface area contributed by atoms with Crippen LogP contribution in [0, 0.1) is 0 Å². The molecule has 4 fully saturated rings. The fraction of sp³-hybridized carbons (Fsp3) is 0.455. The first-order valence-corrected chi connectivity index (χ1v) is 22.5. The molecule has 28 heteroatoms. The molecule has 6 aromatic rings. The van der Waals surface area contributed by atoms with Crippen molar-refractivity contribution in [1.82, 2.24) is 48.8 Å². The van der Waals surface area contributed by atoms with E-state index in [-0.39, 0.29) is 50.6 Å². The van der Waals surface area contributed by atoms with Crippen LogP contribution < -0.4 is 41.0 Å². The summed E-state index contributed by atoms with van der Waals surface area (Å²) in [6, 6.07) is -0.602. The number of hydrogen-bond acceptors (Lipinski definition) is 14. The molecule has 4 aliphatic heterocycles. The number of fused-ring (bicyclic) bond motifs is 4. The Hall–Kier alpha value is -7.62. The van der Waals surface area contributed by atoms with Gasteiger partial charge in [0.2, 0.25) is 0 Å². The van der Waals surface area contributed by atoms with Crippen molar-refractivity contribution in [1.29, 1.82) is 0 Å². The van der Waals surface area contributed by atoms with E-state index in [2.05, 4.69) is 40.5 Å². The number of morpholine rings is 2. The molecule has 0 radical (unpaired) electrons. The van der Waals surface area contributed by atoms with Crippen molar-refractivity contribution in [3.05, 3.63) is 81.1 Å². The molecule has 72 heavy (non-hydrogen) atoms. The van der Waals surface area contributed by atoms with Gasteiger partial charge in [-0.25, -0.2) is 29.5 Å². The number of urea groups is 2. The molecule has 0 bridgehead atoms. The number of carbonyl (C=O) groups excluding carboxylic acids is 2. The van der Waals surface area contributed by atoms with Gasteiger partial charge in [0.1, 0.15) is 23.0 Å². The molecule has 22 nitrogen and oxygen atoms in total. The third-order valence-electron chi connectivity index (χ3n) is 13.0. The van der Waals surface area contributed by atoms with Gasteiger partial charge >= 0.3 is 24.4 Å². The number of nitrogens with one attached hydrogen (secondary N) is 4. The second kappa shape index (κ2) is 19.5. The second-order valence-electron chi connectivity index (χ2n) is 17.3. The van der Waals surface area contributed by atoms with Crippen LogP contribution in [0.5, 0.6) is 11.5 Å². The molecular weight excluding hydrogens is 967 g/mol. The zero-order chi connectivity index (χ0) is 51.2. The van der Waals surface area contributed by atoms with E-state index in [0.717, 1.165) is 9.13 Å². The molecule has 4 N–H and O–H groups in total. The van der Waals surface area contributed by atoms with E-state index in [1.165, 1.54) is 23.9 Å². The van der Waals surface area contributed by atoms with Crippen LogP contribution in [0.15, 0.2) is 58.9 Å². The molecule has 0 unspecified atom stereocenters. The molecule has 4 atom stereocenters. The van der Waals surface area contributed by atoms with E-state index < -0.39 is 58.0 Å². The number of methoxy groups -OCH3 is 2. The van der Waals surface area contributed by atoms with E-state index in [9.17, 15) is 45.5 Å². The monoisotopic (exact) mass is 1010 g/mol. The number of anilines is 4. The number of alkyl halides is 6. The van der Waals surface area contributed by atoms with Crippen molar-refractivity contribution in [2.24, 2.45) is 14.1 Å². The maximum Gasteiger partial charge on any atom is 0.417 e. The van der Waals surface area contributed by atoms with Gasteiger partial charge < -0.3 is 68.3 Å². The van der Waals surface area contributed by atoms with Crippen molar-refractivity contribution < 1.29 is 54.9 Å². The topological polar surface area (TPSA) is 235 Å². The Kier molecular flexibility index (Phi) is 13.4. The predicted molar refractivity (Wildman–Crippen MR) is 246 cm³/mol. The number of H-pyrrole nitrogens is 2. The largest absolute Gasteiger partial charge is 0.493 e. The highest BCUT2D eigenvalue weighted by molar-refractivity contribution is 5.90. The molecule has 10 rings (SSSR count). The maximum absolute atomic E-state index is 13.2. The summed E-state index contributed by atoms with van der Waals surface area (Å²) in [6.07, 6.45) is -0.907. The van der Waals surface area contributed by atoms with E-state index >= 15 is 0 Å². The first-order valence-electron chi connectivity index (χ1n) is 22.5. The quantitative estimate of drug-likeness (QED) is 0.170. The number of aromatic amines is 2. The van der Waals surface area contributed by atoms with Crippen molar-refractivity contribution in [2.75, 3.05) is 87.1 Å². The van der Waals surface area contributed by atoms with Crippen LogP contribution in [-0.4, -0.2) is 152 Å². The van der Waals surface area contributed by atoms with Crippen LogP contribution >= 0.6 is 0 Å². The highest BCUT2D eigenvalue weighted by Crippen LogP contribution is 2.34. The Balaban J connectivity index is 0.000000178. The fourth-order valence-corrected chi connectivity index (χ4v) is 9.33. The number of carbonyl (C=O) groups is 2. The lowest BCUT2D eigenvalue weighted by Gasteiger charge is -2.46. The van der Waals surface area contributed by atoms with Crippen molar-refractivity contribution >= 4 is 57.4 Å². The fourth-order valence-electron chi connectivity index (χ4n) is 9.33. The lowest BCUT2D eigenvalue weighted by Crippen LogP contribution is -2.61. The minimum Gasteiger partial charge on any atom is -0.493 e. The Labute approximate surface area is 403 Å². The number of rotatable bonds is 6. The van der Waals surface area contributed by atoms with Crippen molar-refractivity contribution in [3.63, 3.8) is 0 Å². The van der Waals surface area contributed by atoms with Gasteiger partial charge in [0.05, 0.1) is 75.2 Å². The van der Waals surface area contributed by atoms with Gasteiger partial charge in [-0.05, 0) is 25.0 Å². The number of halogens is 6. The molecule has 0 spiro atoms. The second-order valence-corrected chi connectivity index (χ2v) is 17.3. The average Bonchev–Trinajstić information content (AvgIpc) is 3.98. The lowest BCUT2D eigenvalue weighted by molar-refractivity contribution is -0.138. The molecule has 384 valence electrons. The first kappa shape index (κ1) is 49.4. The van der Waals surface area contributed by atoms with Gasteiger partial charge in [-0.3, -0.25) is 9.59 Å². The molecule has 0 saturated carbocycles. The van der Waals surface area contributed by atoms with Crippen LogP contribution in [-0.2, 0) is 35.9 Å². The number of aryl methyl sites for hydroxylation is 2. The first-order chi connectivity index (χ1) is 34.3. The summed E-state index contributed by atoms with van der Waals surface area (Å²) in [4.78, 5) is 82.0. The maximum atomic E-state index is 13.2. The molecule has 4 amide bonds. The zero-order valence-corrected chi connectivity index (χ0v) is 39.0. The summed E-state index contributed by atoms with van der Waals surface area (Å²) >= 11 is 0. The molecule has 10 heterocycles. The number of amides is 4. The molecule has 0 aliphatic carbocycles. The zero-order valence-electron chi connectivity index (χ0n) is 39.0. The van der Waals surface area contributed by atoms with Crippen LogP contribution in [0.25, 0.3) is 22.3 Å². The van der Waals surface area contributed by atoms with Crippen molar-refractivity contribution in [3.8, 4) is 11.5 Å². The van der Waals surface area contributed by atoms with Gasteiger partial charge in [0, 0.05) is 78.2 Å². The summed E-state index contributed by atoms with van der Waals surface area (Å²) < 4.78 is 103. The number of aromatic nitrogens is 8. The third kappa shape index (κ3) is 9.86. The summed E-state index contributed by atoms with van der Waals surface area (Å²) in [5.74, 6) is 2.42. The van der Waals surface area contributed by atoms with Crippen LogP contribution in [0.1, 0.15) is 24.0 Å². The van der Waals surface area contributed by atoms with E-state index in [1.54, 1.807) is 39.0 Å². The summed E-state index contributed by atoms with van der Waals surface area (Å²) in [6.45, 7) is 2.97. The SMILES string of the molecule is COc1c[nH]c2ncc(N3CC[C@@H]4[C@@H](C3)OCCN4C(=O)Nc3cc(C(F)(F)F)cn(C)c3=O)nc12.COc1c[nH]c2ncc(N3CC[C@H]4[C@H](C3)OCCN4C(=O)Nc3cc(C(F)(F)F)cn(C)c3=O)nc12. The summed E-state index contributed by atoms with van der Waals surface area (Å²) in [7, 11) is 5.51. The van der Waals surface area contributed by atoms with Crippen LogP contribution in [0.3, 0.4) is 0 Å². The van der Waals surface area contributed by atoms with Gasteiger partial charge in [-0.15, -0.1) is 0 Å². The Bertz CT molecular complexity index is 2920. The van der Waals surface area contributed by atoms with Gasteiger partial charge in [-0.2, -0.15) is 26.3 Å². The normalized spacial score (nSPS) is 20.4. The lowest BCUT2D eigenvalue weighted by atomic mass is 9.98. The molecular formula is C44H48F6N14O8. The van der Waals surface area contributed by atoms with Crippen LogP contribution in [0.4, 0.5) is 58.9 Å². The number of nitrogens with zero attached hydrogens (tertiary/aromatic N) is 10. The smallest absolute Gasteiger partial charge is 0.417 e. The molecule has 6 aromatic heterocycles. The highest BCUT2D eigenvalue weighted by atomic mass is 19.4. The van der Waals surface area contributed by atoms with Crippen LogP contribution in [0.2, 0.25) is 0 Å². The Morgan fingerprint density at radius 2 is 1.07 bits per heavy atom. The molecule has 0 aromatic carbocycles. The van der Waals surface area contributed by atoms with Gasteiger partial charge in [0.25, 0.3) is 11.1 Å². The highest BCUT2D eigenvalue weighted by Gasteiger charge is 2.42. The molecule has 4 aliphatic rings. The third-order valence-corrected chi connectivity index (χ3v) is 13.0. The van der Waals surface area contributed by atoms with E-state index in [4.69, 9.17) is 18.9 Å². The summed E-state index contributed by atoms with van der Waals surface area (Å²) in [5, 5.41) is 4.77. The minimum atomic E-state index is -4.65. The number of piperidine rings is 2. The predicted octanol–water partition coefficient (Wildman–Crippen LogP) is 4.39. The summed E-state index contributed by atoms with van der Waals surface area (Å²) in [5.41, 5.74) is -1.96. The number of pyridine rings is 2. The number of hydrogen-bond donors (Lipinski definition) is 4. The average molecular weight is 1010 g/mol. The van der Waals surface area contributed by atoms with E-state index in [0.29, 0.717) is 109 Å².